The van der Waals surface area contributed by atoms with Crippen LogP contribution in [0.3, 0.4) is 0 Å². The summed E-state index contributed by atoms with van der Waals surface area (Å²) in [6.45, 7) is 1.12. The lowest BCUT2D eigenvalue weighted by Gasteiger charge is -2.15. The zero-order valence-electron chi connectivity index (χ0n) is 9.63. The van der Waals surface area contributed by atoms with E-state index in [1.807, 2.05) is 0 Å². The SMILES string of the molecule is CC(Br)C(=O)c1cccc(C(O)C(=O)O)c1CO. The van der Waals surface area contributed by atoms with Crippen LogP contribution < -0.4 is 0 Å². The first-order chi connectivity index (χ1) is 8.40. The molecule has 0 saturated heterocycles. The Hall–Kier alpha value is -1.24. The van der Waals surface area contributed by atoms with Gasteiger partial charge in [0, 0.05) is 5.56 Å². The molecule has 3 N–H and O–H groups in total. The van der Waals surface area contributed by atoms with Crippen molar-refractivity contribution in [1.82, 2.24) is 0 Å². The molecule has 2 unspecified atom stereocenters. The molecule has 5 nitrogen and oxygen atoms in total. The van der Waals surface area contributed by atoms with Gasteiger partial charge < -0.3 is 15.3 Å². The van der Waals surface area contributed by atoms with Crippen LogP contribution in [0.1, 0.15) is 34.5 Å². The van der Waals surface area contributed by atoms with E-state index in [1.165, 1.54) is 18.2 Å². The van der Waals surface area contributed by atoms with Crippen LogP contribution >= 0.6 is 15.9 Å². The maximum absolute atomic E-state index is 11.9. The fourth-order valence-electron chi connectivity index (χ4n) is 1.62. The van der Waals surface area contributed by atoms with Gasteiger partial charge in [-0.25, -0.2) is 4.79 Å². The highest BCUT2D eigenvalue weighted by atomic mass is 79.9. The lowest BCUT2D eigenvalue weighted by atomic mass is 9.94. The van der Waals surface area contributed by atoms with E-state index in [9.17, 15) is 19.8 Å². The number of carbonyl (C=O) groups is 2. The molecule has 0 heterocycles. The first kappa shape index (κ1) is 14.8. The van der Waals surface area contributed by atoms with Gasteiger partial charge in [-0.2, -0.15) is 0 Å². The van der Waals surface area contributed by atoms with E-state index >= 15 is 0 Å². The number of carbonyl (C=O) groups excluding carboxylic acids is 1. The second-order valence-electron chi connectivity index (χ2n) is 3.75. The van der Waals surface area contributed by atoms with Gasteiger partial charge in [-0.05, 0) is 18.1 Å². The minimum Gasteiger partial charge on any atom is -0.479 e. The van der Waals surface area contributed by atoms with Crippen molar-refractivity contribution in [2.45, 2.75) is 24.5 Å². The normalized spacial score (nSPS) is 14.0. The Bertz CT molecular complexity index is 470. The number of aliphatic hydroxyl groups excluding tert-OH is 2. The molecule has 0 saturated carbocycles. The third-order valence-corrected chi connectivity index (χ3v) is 2.94. The summed E-state index contributed by atoms with van der Waals surface area (Å²) in [4.78, 5) is 22.2. The number of hydrogen-bond donors (Lipinski definition) is 3. The summed E-state index contributed by atoms with van der Waals surface area (Å²) in [6.07, 6.45) is -1.76. The van der Waals surface area contributed by atoms with E-state index in [4.69, 9.17) is 5.11 Å². The van der Waals surface area contributed by atoms with E-state index < -0.39 is 23.5 Å². The minimum atomic E-state index is -1.76. The molecule has 0 bridgehead atoms. The molecular formula is C12H13BrO5. The van der Waals surface area contributed by atoms with Crippen LogP contribution in [0.2, 0.25) is 0 Å². The van der Waals surface area contributed by atoms with Crippen LogP contribution in [0, 0.1) is 0 Å². The van der Waals surface area contributed by atoms with Crippen molar-refractivity contribution in [3.8, 4) is 0 Å². The van der Waals surface area contributed by atoms with E-state index in [0.717, 1.165) is 0 Å². The molecule has 0 aliphatic heterocycles. The summed E-state index contributed by atoms with van der Waals surface area (Å²) in [5, 5.41) is 27.6. The Kier molecular flexibility index (Phi) is 5.01. The van der Waals surface area contributed by atoms with Crippen molar-refractivity contribution < 1.29 is 24.9 Å². The second kappa shape index (κ2) is 6.08. The Morgan fingerprint density at radius 3 is 2.44 bits per heavy atom. The largest absolute Gasteiger partial charge is 0.479 e. The van der Waals surface area contributed by atoms with Crippen LogP contribution in [0.25, 0.3) is 0 Å². The molecular weight excluding hydrogens is 304 g/mol. The van der Waals surface area contributed by atoms with Crippen molar-refractivity contribution >= 4 is 27.7 Å². The Morgan fingerprint density at radius 1 is 1.39 bits per heavy atom. The number of halogens is 1. The number of aliphatic carboxylic acids is 1. The molecule has 1 aromatic rings. The van der Waals surface area contributed by atoms with Crippen molar-refractivity contribution in [3.63, 3.8) is 0 Å². The number of rotatable bonds is 5. The third kappa shape index (κ3) is 2.95. The summed E-state index contributed by atoms with van der Waals surface area (Å²) in [5.74, 6) is -1.71. The summed E-state index contributed by atoms with van der Waals surface area (Å²) >= 11 is 3.12. The van der Waals surface area contributed by atoms with Crippen LogP contribution in [0.5, 0.6) is 0 Å². The van der Waals surface area contributed by atoms with Crippen LogP contribution in [0.15, 0.2) is 18.2 Å². The molecule has 2 atom stereocenters. The highest BCUT2D eigenvalue weighted by Gasteiger charge is 2.24. The van der Waals surface area contributed by atoms with Crippen LogP contribution in [0.4, 0.5) is 0 Å². The fraction of sp³-hybridized carbons (Fsp3) is 0.333. The molecule has 0 aliphatic carbocycles. The van der Waals surface area contributed by atoms with Crippen LogP contribution in [-0.4, -0.2) is 31.9 Å². The van der Waals surface area contributed by atoms with E-state index in [0.29, 0.717) is 0 Å². The maximum Gasteiger partial charge on any atom is 0.337 e. The zero-order valence-corrected chi connectivity index (χ0v) is 11.2. The van der Waals surface area contributed by atoms with Gasteiger partial charge in [0.1, 0.15) is 0 Å². The minimum absolute atomic E-state index is 0.0315. The summed E-state index contributed by atoms with van der Waals surface area (Å²) in [6, 6.07) is 4.34. The van der Waals surface area contributed by atoms with E-state index in [1.54, 1.807) is 6.92 Å². The van der Waals surface area contributed by atoms with Gasteiger partial charge in [0.05, 0.1) is 11.4 Å². The number of hydrogen-bond acceptors (Lipinski definition) is 4. The smallest absolute Gasteiger partial charge is 0.337 e. The first-order valence-corrected chi connectivity index (χ1v) is 6.13. The predicted octanol–water partition coefficient (Wildman–Crippen LogP) is 1.26. The van der Waals surface area contributed by atoms with Gasteiger partial charge in [-0.3, -0.25) is 4.79 Å². The lowest BCUT2D eigenvalue weighted by Crippen LogP contribution is -2.18. The summed E-state index contributed by atoms with van der Waals surface area (Å²) in [5.41, 5.74) is 0.382. The molecule has 0 amide bonds. The van der Waals surface area contributed by atoms with Gasteiger partial charge in [-0.15, -0.1) is 0 Å². The highest BCUT2D eigenvalue weighted by molar-refractivity contribution is 9.10. The Labute approximate surface area is 112 Å². The number of benzene rings is 1. The quantitative estimate of drug-likeness (QED) is 0.561. The van der Waals surface area contributed by atoms with Gasteiger partial charge in [0.25, 0.3) is 0 Å². The summed E-state index contributed by atoms with van der Waals surface area (Å²) in [7, 11) is 0. The standard InChI is InChI=1S/C12H13BrO5/c1-6(13)10(15)7-3-2-4-8(9(7)5-14)11(16)12(17)18/h2-4,6,11,14,16H,5H2,1H3,(H,17,18). The monoisotopic (exact) mass is 316 g/mol. The molecule has 98 valence electrons. The van der Waals surface area contributed by atoms with E-state index in [2.05, 4.69) is 15.9 Å². The molecule has 0 aliphatic rings. The van der Waals surface area contributed by atoms with E-state index in [-0.39, 0.29) is 22.5 Å². The summed E-state index contributed by atoms with van der Waals surface area (Å²) < 4.78 is 0. The fourth-order valence-corrected chi connectivity index (χ4v) is 1.86. The first-order valence-electron chi connectivity index (χ1n) is 5.22. The molecule has 1 aromatic carbocycles. The molecule has 0 radical (unpaired) electrons. The highest BCUT2D eigenvalue weighted by Crippen LogP contribution is 2.24. The third-order valence-electron chi connectivity index (χ3n) is 2.53. The molecule has 0 fully saturated rings. The number of carboxylic acids is 1. The molecule has 0 spiro atoms. The second-order valence-corrected chi connectivity index (χ2v) is 5.13. The van der Waals surface area contributed by atoms with Crippen molar-refractivity contribution in [2.75, 3.05) is 0 Å². The van der Waals surface area contributed by atoms with Crippen LogP contribution in [-0.2, 0) is 11.4 Å². The predicted molar refractivity (Wildman–Crippen MR) is 67.7 cm³/mol. The van der Waals surface area contributed by atoms with Gasteiger partial charge in [0.2, 0.25) is 0 Å². The number of ketones is 1. The average Bonchev–Trinajstić information content (AvgIpc) is 2.35. The zero-order chi connectivity index (χ0) is 13.9. The van der Waals surface area contributed by atoms with Crippen molar-refractivity contribution in [2.24, 2.45) is 0 Å². The Balaban J connectivity index is 3.35. The van der Waals surface area contributed by atoms with Gasteiger partial charge >= 0.3 is 5.97 Å². The van der Waals surface area contributed by atoms with Gasteiger partial charge in [0.15, 0.2) is 11.9 Å². The Morgan fingerprint density at radius 2 is 2.00 bits per heavy atom. The average molecular weight is 317 g/mol. The number of Topliss-reactive ketones (excluding diaryl/α,β-unsaturated/α-hetero) is 1. The number of aliphatic hydroxyl groups is 2. The topological polar surface area (TPSA) is 94.8 Å². The maximum atomic E-state index is 11.9. The van der Waals surface area contributed by atoms with Crippen molar-refractivity contribution in [3.05, 3.63) is 34.9 Å². The van der Waals surface area contributed by atoms with Crippen molar-refractivity contribution in [1.29, 1.82) is 0 Å². The molecule has 0 aromatic heterocycles. The molecule has 18 heavy (non-hydrogen) atoms. The van der Waals surface area contributed by atoms with Gasteiger partial charge in [-0.1, -0.05) is 34.1 Å². The number of alkyl halides is 1. The lowest BCUT2D eigenvalue weighted by molar-refractivity contribution is -0.147. The number of carboxylic acid groups (broad SMARTS) is 1. The molecule has 6 heteroatoms. The molecule has 1 rings (SSSR count).